The Morgan fingerprint density at radius 2 is 1.76 bits per heavy atom. The average molecular weight is 348 g/mol. The van der Waals surface area contributed by atoms with Crippen molar-refractivity contribution >= 4 is 12.1 Å². The van der Waals surface area contributed by atoms with Gasteiger partial charge in [-0.1, -0.05) is 30.3 Å². The minimum Gasteiger partial charge on any atom is -0.468 e. The molecule has 0 aromatic heterocycles. The Bertz CT molecular complexity index is 575. The van der Waals surface area contributed by atoms with Crippen LogP contribution in [-0.2, 0) is 14.3 Å². The Labute approximate surface area is 149 Å². The lowest BCUT2D eigenvalue weighted by molar-refractivity contribution is -0.147. The molecule has 2 rings (SSSR count). The fraction of sp³-hybridized carbons (Fsp3) is 0.579. The maximum Gasteiger partial charge on any atom is 0.407 e. The molecule has 25 heavy (non-hydrogen) atoms. The molecule has 0 aliphatic carbocycles. The van der Waals surface area contributed by atoms with Crippen molar-refractivity contribution in [3.8, 4) is 0 Å². The topological polar surface area (TPSA) is 67.9 Å². The van der Waals surface area contributed by atoms with Crippen LogP contribution in [0.2, 0.25) is 0 Å². The smallest absolute Gasteiger partial charge is 0.407 e. The first kappa shape index (κ1) is 19.2. The van der Waals surface area contributed by atoms with Crippen molar-refractivity contribution in [2.24, 2.45) is 0 Å². The number of piperidine rings is 1. The van der Waals surface area contributed by atoms with E-state index in [1.807, 2.05) is 51.1 Å². The van der Waals surface area contributed by atoms with Crippen LogP contribution in [0.3, 0.4) is 0 Å². The highest BCUT2D eigenvalue weighted by Crippen LogP contribution is 2.26. The minimum atomic E-state index is -0.506. The van der Waals surface area contributed by atoms with Crippen molar-refractivity contribution in [1.82, 2.24) is 10.2 Å². The monoisotopic (exact) mass is 348 g/mol. The molecule has 1 fully saturated rings. The molecule has 1 aromatic rings. The molecule has 6 nitrogen and oxygen atoms in total. The lowest BCUT2D eigenvalue weighted by Crippen LogP contribution is -2.48. The molecule has 1 N–H and O–H groups in total. The largest absolute Gasteiger partial charge is 0.468 e. The molecule has 0 radical (unpaired) electrons. The number of carbonyl (C=O) groups is 2. The van der Waals surface area contributed by atoms with Crippen LogP contribution in [-0.4, -0.2) is 48.8 Å². The molecule has 0 bridgehead atoms. The molecule has 1 saturated heterocycles. The first-order valence-corrected chi connectivity index (χ1v) is 8.66. The fourth-order valence-corrected chi connectivity index (χ4v) is 3.02. The number of alkyl carbamates (subject to hydrolysis) is 1. The Morgan fingerprint density at radius 1 is 1.16 bits per heavy atom. The molecular formula is C19H28N2O4. The van der Waals surface area contributed by atoms with Crippen molar-refractivity contribution < 1.29 is 19.1 Å². The third-order valence-electron chi connectivity index (χ3n) is 4.16. The van der Waals surface area contributed by atoms with E-state index in [9.17, 15) is 9.59 Å². The van der Waals surface area contributed by atoms with Crippen LogP contribution in [0.5, 0.6) is 0 Å². The predicted molar refractivity (Wildman–Crippen MR) is 95.2 cm³/mol. The summed E-state index contributed by atoms with van der Waals surface area (Å²) in [5, 5.41) is 2.91. The van der Waals surface area contributed by atoms with E-state index in [1.54, 1.807) is 0 Å². The van der Waals surface area contributed by atoms with Gasteiger partial charge in [0.05, 0.1) is 7.11 Å². The summed E-state index contributed by atoms with van der Waals surface area (Å²) >= 11 is 0. The van der Waals surface area contributed by atoms with E-state index in [1.165, 1.54) is 7.11 Å². The summed E-state index contributed by atoms with van der Waals surface area (Å²) in [7, 11) is 1.41. The van der Waals surface area contributed by atoms with E-state index >= 15 is 0 Å². The summed E-state index contributed by atoms with van der Waals surface area (Å²) in [5.74, 6) is -0.259. The van der Waals surface area contributed by atoms with E-state index in [2.05, 4.69) is 10.2 Å². The number of hydrogen-bond donors (Lipinski definition) is 1. The van der Waals surface area contributed by atoms with Crippen molar-refractivity contribution in [3.63, 3.8) is 0 Å². The number of benzene rings is 1. The van der Waals surface area contributed by atoms with Gasteiger partial charge in [-0.3, -0.25) is 4.90 Å². The van der Waals surface area contributed by atoms with Gasteiger partial charge in [0.25, 0.3) is 0 Å². The number of amides is 1. The second kappa shape index (κ2) is 8.34. The molecule has 1 aliphatic rings. The second-order valence-corrected chi connectivity index (χ2v) is 7.29. The molecule has 0 saturated carbocycles. The Balaban J connectivity index is 1.95. The molecule has 1 heterocycles. The number of nitrogens with one attached hydrogen (secondary N) is 1. The van der Waals surface area contributed by atoms with Gasteiger partial charge in [0, 0.05) is 19.1 Å². The van der Waals surface area contributed by atoms with Crippen LogP contribution in [0.25, 0.3) is 0 Å². The highest BCUT2D eigenvalue weighted by molar-refractivity contribution is 5.77. The quantitative estimate of drug-likeness (QED) is 0.848. The van der Waals surface area contributed by atoms with Gasteiger partial charge in [0.15, 0.2) is 0 Å². The van der Waals surface area contributed by atoms with Crippen LogP contribution < -0.4 is 5.32 Å². The zero-order valence-electron chi connectivity index (χ0n) is 15.5. The number of ether oxygens (including phenoxy) is 2. The SMILES string of the molecule is COC(=O)C(c1ccccc1)N1CCC(NC(=O)OC(C)(C)C)CC1. The number of hydrogen-bond acceptors (Lipinski definition) is 5. The summed E-state index contributed by atoms with van der Waals surface area (Å²) in [4.78, 5) is 26.3. The molecular weight excluding hydrogens is 320 g/mol. The molecule has 6 heteroatoms. The Kier molecular flexibility index (Phi) is 6.42. The average Bonchev–Trinajstić information content (AvgIpc) is 2.55. The van der Waals surface area contributed by atoms with E-state index in [0.717, 1.165) is 18.4 Å². The highest BCUT2D eigenvalue weighted by atomic mass is 16.6. The van der Waals surface area contributed by atoms with Crippen molar-refractivity contribution in [3.05, 3.63) is 35.9 Å². The van der Waals surface area contributed by atoms with E-state index in [0.29, 0.717) is 13.1 Å². The van der Waals surface area contributed by atoms with E-state index in [-0.39, 0.29) is 12.0 Å². The number of likely N-dealkylation sites (tertiary alicyclic amines) is 1. The maximum atomic E-state index is 12.3. The van der Waals surface area contributed by atoms with Crippen LogP contribution in [0.1, 0.15) is 45.2 Å². The third-order valence-corrected chi connectivity index (χ3v) is 4.16. The van der Waals surface area contributed by atoms with Crippen molar-refractivity contribution in [1.29, 1.82) is 0 Å². The van der Waals surface area contributed by atoms with Gasteiger partial charge in [0.1, 0.15) is 11.6 Å². The third kappa shape index (κ3) is 5.74. The minimum absolute atomic E-state index is 0.0557. The number of rotatable bonds is 4. The van der Waals surface area contributed by atoms with E-state index in [4.69, 9.17) is 9.47 Å². The van der Waals surface area contributed by atoms with Crippen LogP contribution >= 0.6 is 0 Å². The Hall–Kier alpha value is -2.08. The number of carbonyl (C=O) groups excluding carboxylic acids is 2. The number of methoxy groups -OCH3 is 1. The van der Waals surface area contributed by atoms with Gasteiger partial charge in [-0.05, 0) is 39.2 Å². The van der Waals surface area contributed by atoms with Gasteiger partial charge in [-0.25, -0.2) is 9.59 Å². The summed E-state index contributed by atoms with van der Waals surface area (Å²) < 4.78 is 10.3. The van der Waals surface area contributed by atoms with E-state index < -0.39 is 17.7 Å². The molecule has 1 aliphatic heterocycles. The van der Waals surface area contributed by atoms with Gasteiger partial charge >= 0.3 is 12.1 Å². The van der Waals surface area contributed by atoms with Gasteiger partial charge < -0.3 is 14.8 Å². The number of esters is 1. The molecule has 138 valence electrons. The summed E-state index contributed by atoms with van der Waals surface area (Å²) in [6, 6.07) is 9.28. The summed E-state index contributed by atoms with van der Waals surface area (Å²) in [6.07, 6.45) is 1.14. The van der Waals surface area contributed by atoms with Gasteiger partial charge in [0.2, 0.25) is 0 Å². The van der Waals surface area contributed by atoms with Crippen LogP contribution in [0.4, 0.5) is 4.79 Å². The van der Waals surface area contributed by atoms with Crippen LogP contribution in [0.15, 0.2) is 30.3 Å². The fourth-order valence-electron chi connectivity index (χ4n) is 3.02. The molecule has 1 amide bonds. The lowest BCUT2D eigenvalue weighted by Gasteiger charge is -2.36. The zero-order valence-corrected chi connectivity index (χ0v) is 15.5. The first-order chi connectivity index (χ1) is 11.8. The number of nitrogens with zero attached hydrogens (tertiary/aromatic N) is 1. The molecule has 1 unspecified atom stereocenters. The molecule has 1 aromatic carbocycles. The summed E-state index contributed by atoms with van der Waals surface area (Å²) in [5.41, 5.74) is 0.418. The lowest BCUT2D eigenvalue weighted by atomic mass is 9.99. The van der Waals surface area contributed by atoms with Crippen molar-refractivity contribution in [2.45, 2.75) is 51.3 Å². The highest BCUT2D eigenvalue weighted by Gasteiger charge is 2.32. The molecule has 1 atom stereocenters. The second-order valence-electron chi connectivity index (χ2n) is 7.29. The normalized spacial score (nSPS) is 17.6. The van der Waals surface area contributed by atoms with Gasteiger partial charge in [-0.15, -0.1) is 0 Å². The summed E-state index contributed by atoms with van der Waals surface area (Å²) in [6.45, 7) is 6.94. The maximum absolute atomic E-state index is 12.3. The molecule has 0 spiro atoms. The Morgan fingerprint density at radius 3 is 2.28 bits per heavy atom. The van der Waals surface area contributed by atoms with Crippen LogP contribution in [0, 0.1) is 0 Å². The first-order valence-electron chi connectivity index (χ1n) is 8.66. The van der Waals surface area contributed by atoms with Crippen molar-refractivity contribution in [2.75, 3.05) is 20.2 Å². The van der Waals surface area contributed by atoms with Gasteiger partial charge in [-0.2, -0.15) is 0 Å². The standard InChI is InChI=1S/C19H28N2O4/c1-19(2,3)25-18(23)20-15-10-12-21(13-11-15)16(17(22)24-4)14-8-6-5-7-9-14/h5-9,15-16H,10-13H2,1-4H3,(H,20,23). The predicted octanol–water partition coefficient (Wildman–Crippen LogP) is 2.89. The zero-order chi connectivity index (χ0) is 18.4.